The van der Waals surface area contributed by atoms with Gasteiger partial charge in [0.2, 0.25) is 5.82 Å². The van der Waals surface area contributed by atoms with Crippen molar-refractivity contribution < 1.29 is 9.90 Å². The summed E-state index contributed by atoms with van der Waals surface area (Å²) in [5.74, 6) is -1.14. The van der Waals surface area contributed by atoms with Crippen LogP contribution in [0.4, 0.5) is 0 Å². The molecule has 5 nitrogen and oxygen atoms in total. The molecule has 3 aromatic rings. The number of aromatic carboxylic acids is 1. The van der Waals surface area contributed by atoms with Gasteiger partial charge in [-0.3, -0.25) is 4.40 Å². The van der Waals surface area contributed by atoms with Crippen LogP contribution >= 0.6 is 0 Å². The molecule has 17 heavy (non-hydrogen) atoms. The number of aromatic nitrogens is 3. The molecule has 0 unspecified atom stereocenters. The summed E-state index contributed by atoms with van der Waals surface area (Å²) in [4.78, 5) is 11.1. The summed E-state index contributed by atoms with van der Waals surface area (Å²) < 4.78 is 1.56. The third kappa shape index (κ3) is 1.29. The zero-order valence-electron chi connectivity index (χ0n) is 9.08. The minimum absolute atomic E-state index is 0.0591. The van der Waals surface area contributed by atoms with Crippen molar-refractivity contribution in [3.63, 3.8) is 0 Å². The smallest absolute Gasteiger partial charge is 0.374 e. The van der Waals surface area contributed by atoms with Crippen LogP contribution in [-0.2, 0) is 0 Å². The van der Waals surface area contributed by atoms with E-state index in [9.17, 15) is 4.79 Å². The molecule has 1 N–H and O–H groups in total. The Morgan fingerprint density at radius 1 is 1.29 bits per heavy atom. The van der Waals surface area contributed by atoms with Gasteiger partial charge < -0.3 is 5.11 Å². The molecule has 0 aliphatic heterocycles. The van der Waals surface area contributed by atoms with Crippen LogP contribution in [0, 0.1) is 6.92 Å². The summed E-state index contributed by atoms with van der Waals surface area (Å²) in [6.45, 7) is 1.97. The molecular weight excluding hydrogens is 218 g/mol. The molecule has 0 atom stereocenters. The number of aryl methyl sites for hydroxylation is 1. The molecule has 2 aromatic heterocycles. The molecule has 0 saturated carbocycles. The molecular formula is C12H9N3O2. The van der Waals surface area contributed by atoms with Gasteiger partial charge in [0, 0.05) is 5.39 Å². The van der Waals surface area contributed by atoms with Crippen LogP contribution in [0.5, 0.6) is 0 Å². The number of carboxylic acids is 1. The molecule has 3 rings (SSSR count). The first kappa shape index (κ1) is 9.77. The highest BCUT2D eigenvalue weighted by atomic mass is 16.4. The van der Waals surface area contributed by atoms with E-state index in [1.165, 1.54) is 0 Å². The largest absolute Gasteiger partial charge is 0.475 e. The maximum absolute atomic E-state index is 11.1. The molecule has 0 radical (unpaired) electrons. The first-order valence-corrected chi connectivity index (χ1v) is 5.15. The second-order valence-corrected chi connectivity index (χ2v) is 3.87. The lowest BCUT2D eigenvalue weighted by molar-refractivity contribution is 0.0682. The van der Waals surface area contributed by atoms with Gasteiger partial charge in [-0.2, -0.15) is 0 Å². The Kier molecular flexibility index (Phi) is 1.89. The third-order valence-electron chi connectivity index (χ3n) is 2.79. The lowest BCUT2D eigenvalue weighted by atomic mass is 10.1. The van der Waals surface area contributed by atoms with Crippen LogP contribution in [0.2, 0.25) is 0 Å². The summed E-state index contributed by atoms with van der Waals surface area (Å²) in [5, 5.41) is 17.7. The first-order chi connectivity index (χ1) is 8.18. The highest BCUT2D eigenvalue weighted by Gasteiger charge is 2.15. The van der Waals surface area contributed by atoms with Gasteiger partial charge in [-0.15, -0.1) is 10.2 Å². The molecule has 1 aromatic carbocycles. The molecule has 0 saturated heterocycles. The maximum atomic E-state index is 11.1. The molecule has 0 aliphatic carbocycles. The first-order valence-electron chi connectivity index (χ1n) is 5.15. The number of carboxylic acid groups (broad SMARTS) is 1. The Hall–Kier alpha value is -2.43. The van der Waals surface area contributed by atoms with Crippen LogP contribution < -0.4 is 0 Å². The highest BCUT2D eigenvalue weighted by Crippen LogP contribution is 2.21. The minimum Gasteiger partial charge on any atom is -0.475 e. The van der Waals surface area contributed by atoms with Crippen LogP contribution in [0.3, 0.4) is 0 Å². The van der Waals surface area contributed by atoms with E-state index in [2.05, 4.69) is 10.2 Å². The summed E-state index contributed by atoms with van der Waals surface area (Å²) in [6.07, 6.45) is 0. The average molecular weight is 227 g/mol. The monoisotopic (exact) mass is 227 g/mol. The summed E-state index contributed by atoms with van der Waals surface area (Å²) >= 11 is 0. The van der Waals surface area contributed by atoms with E-state index in [-0.39, 0.29) is 5.82 Å². The van der Waals surface area contributed by atoms with Crippen molar-refractivity contribution in [1.29, 1.82) is 0 Å². The number of para-hydroxylation sites is 1. The van der Waals surface area contributed by atoms with Crippen molar-refractivity contribution in [3.05, 3.63) is 41.7 Å². The third-order valence-corrected chi connectivity index (χ3v) is 2.79. The highest BCUT2D eigenvalue weighted by molar-refractivity contribution is 5.91. The topological polar surface area (TPSA) is 67.5 Å². The fourth-order valence-corrected chi connectivity index (χ4v) is 2.04. The molecule has 5 heteroatoms. The number of fused-ring (bicyclic) bond motifs is 3. The molecule has 0 aliphatic rings. The normalized spacial score (nSPS) is 11.1. The van der Waals surface area contributed by atoms with Gasteiger partial charge in [-0.1, -0.05) is 18.2 Å². The number of pyridine rings is 1. The summed E-state index contributed by atoms with van der Waals surface area (Å²) in [7, 11) is 0. The number of hydrogen-bond acceptors (Lipinski definition) is 3. The van der Waals surface area contributed by atoms with Crippen LogP contribution in [0.1, 0.15) is 16.2 Å². The Labute approximate surface area is 96.3 Å². The van der Waals surface area contributed by atoms with Crippen molar-refractivity contribution in [1.82, 2.24) is 14.6 Å². The number of benzene rings is 1. The van der Waals surface area contributed by atoms with Crippen molar-refractivity contribution in [3.8, 4) is 0 Å². The minimum atomic E-state index is -1.08. The van der Waals surface area contributed by atoms with E-state index < -0.39 is 5.97 Å². The van der Waals surface area contributed by atoms with Crippen LogP contribution in [0.25, 0.3) is 16.6 Å². The molecule has 0 fully saturated rings. The van der Waals surface area contributed by atoms with Gasteiger partial charge >= 0.3 is 5.97 Å². The van der Waals surface area contributed by atoms with Crippen molar-refractivity contribution >= 4 is 22.5 Å². The second kappa shape index (κ2) is 3.28. The summed E-state index contributed by atoms with van der Waals surface area (Å²) in [6, 6.07) is 9.45. The number of carbonyl (C=O) groups is 1. The van der Waals surface area contributed by atoms with Crippen molar-refractivity contribution in [2.75, 3.05) is 0 Å². The van der Waals surface area contributed by atoms with E-state index in [1.54, 1.807) is 4.40 Å². The SMILES string of the molecule is Cc1cc2nnc(C(=O)O)n2c2ccccc12. The number of rotatable bonds is 1. The van der Waals surface area contributed by atoms with E-state index >= 15 is 0 Å². The van der Waals surface area contributed by atoms with Crippen molar-refractivity contribution in [2.45, 2.75) is 6.92 Å². The standard InChI is InChI=1S/C12H9N3O2/c1-7-6-10-13-14-11(12(16)17)15(10)9-5-3-2-4-8(7)9/h2-6H,1H3,(H,16,17). The van der Waals surface area contributed by atoms with E-state index in [1.807, 2.05) is 37.3 Å². The second-order valence-electron chi connectivity index (χ2n) is 3.87. The Balaban J connectivity index is 2.59. The van der Waals surface area contributed by atoms with Gasteiger partial charge in [-0.05, 0) is 24.6 Å². The van der Waals surface area contributed by atoms with Gasteiger partial charge in [0.1, 0.15) is 0 Å². The lowest BCUT2D eigenvalue weighted by Gasteiger charge is -2.05. The fourth-order valence-electron chi connectivity index (χ4n) is 2.04. The zero-order valence-corrected chi connectivity index (χ0v) is 9.08. The molecule has 84 valence electrons. The predicted octanol–water partition coefficient (Wildman–Crippen LogP) is 1.89. The molecule has 2 heterocycles. The Bertz CT molecular complexity index is 746. The average Bonchev–Trinajstić information content (AvgIpc) is 2.73. The Morgan fingerprint density at radius 2 is 2.06 bits per heavy atom. The number of nitrogens with zero attached hydrogens (tertiary/aromatic N) is 3. The quantitative estimate of drug-likeness (QED) is 0.689. The lowest BCUT2D eigenvalue weighted by Crippen LogP contribution is -2.04. The number of hydrogen-bond donors (Lipinski definition) is 1. The fraction of sp³-hybridized carbons (Fsp3) is 0.0833. The predicted molar refractivity (Wildman–Crippen MR) is 62.2 cm³/mol. The van der Waals surface area contributed by atoms with Crippen LogP contribution in [-0.4, -0.2) is 25.7 Å². The maximum Gasteiger partial charge on any atom is 0.374 e. The van der Waals surface area contributed by atoms with Gasteiger partial charge in [0.25, 0.3) is 0 Å². The molecule has 0 spiro atoms. The summed E-state index contributed by atoms with van der Waals surface area (Å²) in [5.41, 5.74) is 2.42. The zero-order chi connectivity index (χ0) is 12.0. The van der Waals surface area contributed by atoms with Gasteiger partial charge in [0.15, 0.2) is 5.65 Å². The van der Waals surface area contributed by atoms with E-state index in [0.717, 1.165) is 16.5 Å². The van der Waals surface area contributed by atoms with Crippen LogP contribution in [0.15, 0.2) is 30.3 Å². The Morgan fingerprint density at radius 3 is 2.82 bits per heavy atom. The van der Waals surface area contributed by atoms with Crippen molar-refractivity contribution in [2.24, 2.45) is 0 Å². The van der Waals surface area contributed by atoms with Gasteiger partial charge in [0.05, 0.1) is 5.52 Å². The van der Waals surface area contributed by atoms with Gasteiger partial charge in [-0.25, -0.2) is 4.79 Å². The molecule has 0 bridgehead atoms. The van der Waals surface area contributed by atoms with E-state index in [0.29, 0.717) is 5.65 Å². The van der Waals surface area contributed by atoms with E-state index in [4.69, 9.17) is 5.11 Å². The molecule has 0 amide bonds.